The van der Waals surface area contributed by atoms with Gasteiger partial charge in [0.05, 0.1) is 18.2 Å². The minimum Gasteiger partial charge on any atom is -0.465 e. The third-order valence-electron chi connectivity index (χ3n) is 6.10. The molecule has 0 spiro atoms. The van der Waals surface area contributed by atoms with Crippen molar-refractivity contribution in [2.45, 2.75) is 13.0 Å². The highest BCUT2D eigenvalue weighted by Gasteiger charge is 2.47. The minimum atomic E-state index is -0.485. The summed E-state index contributed by atoms with van der Waals surface area (Å²) in [6.07, 6.45) is 2.94. The van der Waals surface area contributed by atoms with Crippen LogP contribution >= 0.6 is 0 Å². The number of rotatable bonds is 3. The molecule has 1 aromatic carbocycles. The molecule has 0 saturated carbocycles. The molecule has 1 aromatic heterocycles. The van der Waals surface area contributed by atoms with Gasteiger partial charge in [-0.25, -0.2) is 4.79 Å². The Hall–Kier alpha value is -2.73. The Kier molecular flexibility index (Phi) is 4.89. The highest BCUT2D eigenvalue weighted by Crippen LogP contribution is 2.45. The van der Waals surface area contributed by atoms with Gasteiger partial charge in [0.15, 0.2) is 0 Å². The molecule has 2 aliphatic heterocycles. The molecule has 0 unspecified atom stereocenters. The van der Waals surface area contributed by atoms with E-state index in [2.05, 4.69) is 48.1 Å². The van der Waals surface area contributed by atoms with Crippen molar-refractivity contribution in [2.75, 3.05) is 33.8 Å². The summed E-state index contributed by atoms with van der Waals surface area (Å²) in [5.74, 6) is 0.308. The second kappa shape index (κ2) is 7.36. The van der Waals surface area contributed by atoms with Gasteiger partial charge in [-0.05, 0) is 37.1 Å². The van der Waals surface area contributed by atoms with Gasteiger partial charge in [-0.2, -0.15) is 0 Å². The van der Waals surface area contributed by atoms with Crippen LogP contribution in [-0.4, -0.2) is 60.5 Å². The SMILES string of the molecule is COC(=O)c1cncc(C(=O)N2C[C@@H]3CN(C)[C@H](c4ccccc4C)[C@@H]3C2)c1. The van der Waals surface area contributed by atoms with Gasteiger partial charge < -0.3 is 9.64 Å². The van der Waals surface area contributed by atoms with Gasteiger partial charge in [-0.3, -0.25) is 14.7 Å². The molecule has 2 fully saturated rings. The molecule has 2 saturated heterocycles. The summed E-state index contributed by atoms with van der Waals surface area (Å²) >= 11 is 0. The first kappa shape index (κ1) is 18.6. The van der Waals surface area contributed by atoms with E-state index in [1.165, 1.54) is 30.6 Å². The van der Waals surface area contributed by atoms with Crippen molar-refractivity contribution >= 4 is 11.9 Å². The van der Waals surface area contributed by atoms with Gasteiger partial charge in [0.1, 0.15) is 0 Å². The number of likely N-dealkylation sites (tertiary alicyclic amines) is 2. The number of amides is 1. The largest absolute Gasteiger partial charge is 0.465 e. The Labute approximate surface area is 165 Å². The number of pyridine rings is 1. The zero-order chi connectivity index (χ0) is 19.8. The zero-order valence-electron chi connectivity index (χ0n) is 16.5. The molecule has 4 rings (SSSR count). The van der Waals surface area contributed by atoms with Crippen molar-refractivity contribution in [3.05, 3.63) is 65.0 Å². The number of carbonyl (C=O) groups is 2. The molecule has 6 nitrogen and oxygen atoms in total. The number of aryl methyl sites for hydroxylation is 1. The van der Waals surface area contributed by atoms with Gasteiger partial charge in [0.25, 0.3) is 5.91 Å². The van der Waals surface area contributed by atoms with Crippen molar-refractivity contribution in [1.82, 2.24) is 14.8 Å². The first-order chi connectivity index (χ1) is 13.5. The third-order valence-corrected chi connectivity index (χ3v) is 6.10. The van der Waals surface area contributed by atoms with E-state index in [4.69, 9.17) is 4.74 Å². The quantitative estimate of drug-likeness (QED) is 0.767. The van der Waals surface area contributed by atoms with E-state index in [1.54, 1.807) is 6.07 Å². The van der Waals surface area contributed by atoms with Crippen LogP contribution < -0.4 is 0 Å². The lowest BCUT2D eigenvalue weighted by molar-refractivity contribution is 0.0600. The molecule has 6 heteroatoms. The van der Waals surface area contributed by atoms with Gasteiger partial charge >= 0.3 is 5.97 Å². The van der Waals surface area contributed by atoms with Crippen molar-refractivity contribution in [1.29, 1.82) is 0 Å². The highest BCUT2D eigenvalue weighted by atomic mass is 16.5. The predicted molar refractivity (Wildman–Crippen MR) is 105 cm³/mol. The number of nitrogens with zero attached hydrogens (tertiary/aromatic N) is 3. The maximum atomic E-state index is 13.1. The number of aromatic nitrogens is 1. The van der Waals surface area contributed by atoms with Crippen LogP contribution in [0.25, 0.3) is 0 Å². The highest BCUT2D eigenvalue weighted by molar-refractivity contribution is 5.97. The van der Waals surface area contributed by atoms with Crippen LogP contribution in [0.15, 0.2) is 42.7 Å². The molecular formula is C22H25N3O3. The lowest BCUT2D eigenvalue weighted by atomic mass is 9.88. The van der Waals surface area contributed by atoms with Crippen molar-refractivity contribution in [3.8, 4) is 0 Å². The summed E-state index contributed by atoms with van der Waals surface area (Å²) in [6.45, 7) is 4.58. The van der Waals surface area contributed by atoms with E-state index in [-0.39, 0.29) is 5.91 Å². The molecule has 28 heavy (non-hydrogen) atoms. The molecule has 3 atom stereocenters. The molecule has 0 bridgehead atoms. The van der Waals surface area contributed by atoms with Crippen molar-refractivity contribution in [2.24, 2.45) is 11.8 Å². The number of methoxy groups -OCH3 is 1. The van der Waals surface area contributed by atoms with E-state index in [0.717, 1.165) is 19.6 Å². The summed E-state index contributed by atoms with van der Waals surface area (Å²) in [4.78, 5) is 33.2. The van der Waals surface area contributed by atoms with Crippen molar-refractivity contribution in [3.63, 3.8) is 0 Å². The second-order valence-corrected chi connectivity index (χ2v) is 7.83. The van der Waals surface area contributed by atoms with Crippen LogP contribution in [0.2, 0.25) is 0 Å². The van der Waals surface area contributed by atoms with Gasteiger partial charge in [0, 0.05) is 44.0 Å². The Bertz CT molecular complexity index is 913. The number of hydrogen-bond donors (Lipinski definition) is 0. The van der Waals surface area contributed by atoms with E-state index < -0.39 is 5.97 Å². The van der Waals surface area contributed by atoms with E-state index in [1.807, 2.05) is 4.90 Å². The van der Waals surface area contributed by atoms with Gasteiger partial charge in [0.2, 0.25) is 0 Å². The Morgan fingerprint density at radius 1 is 1.11 bits per heavy atom. The monoisotopic (exact) mass is 379 g/mol. The fraction of sp³-hybridized carbons (Fsp3) is 0.409. The maximum Gasteiger partial charge on any atom is 0.339 e. The van der Waals surface area contributed by atoms with E-state index >= 15 is 0 Å². The number of fused-ring (bicyclic) bond motifs is 1. The Morgan fingerprint density at radius 3 is 2.61 bits per heavy atom. The predicted octanol–water partition coefficient (Wildman–Crippen LogP) is 2.55. The molecule has 2 aromatic rings. The van der Waals surface area contributed by atoms with Crippen LogP contribution in [0.5, 0.6) is 0 Å². The molecule has 0 radical (unpaired) electrons. The number of hydrogen-bond acceptors (Lipinski definition) is 5. The molecule has 0 N–H and O–H groups in total. The summed E-state index contributed by atoms with van der Waals surface area (Å²) in [5.41, 5.74) is 3.37. The summed E-state index contributed by atoms with van der Waals surface area (Å²) in [7, 11) is 3.49. The van der Waals surface area contributed by atoms with Crippen LogP contribution in [0.3, 0.4) is 0 Å². The maximum absolute atomic E-state index is 13.1. The number of esters is 1. The Balaban J connectivity index is 1.55. The first-order valence-corrected chi connectivity index (χ1v) is 9.58. The first-order valence-electron chi connectivity index (χ1n) is 9.58. The molecule has 0 aliphatic carbocycles. The van der Waals surface area contributed by atoms with E-state index in [0.29, 0.717) is 29.0 Å². The summed E-state index contributed by atoms with van der Waals surface area (Å²) in [5, 5.41) is 0. The number of benzene rings is 1. The molecule has 2 aliphatic rings. The third kappa shape index (κ3) is 3.18. The lowest BCUT2D eigenvalue weighted by Gasteiger charge is -2.28. The van der Waals surface area contributed by atoms with E-state index in [9.17, 15) is 9.59 Å². The molecule has 1 amide bonds. The fourth-order valence-electron chi connectivity index (χ4n) is 4.78. The van der Waals surface area contributed by atoms with Crippen molar-refractivity contribution < 1.29 is 14.3 Å². The number of ether oxygens (including phenoxy) is 1. The molecule has 146 valence electrons. The molecule has 3 heterocycles. The summed E-state index contributed by atoms with van der Waals surface area (Å²) in [6, 6.07) is 10.4. The average Bonchev–Trinajstić information content (AvgIpc) is 3.24. The second-order valence-electron chi connectivity index (χ2n) is 7.83. The zero-order valence-corrected chi connectivity index (χ0v) is 16.5. The normalized spacial score (nSPS) is 24.2. The van der Waals surface area contributed by atoms with Crippen LogP contribution in [-0.2, 0) is 4.74 Å². The fourth-order valence-corrected chi connectivity index (χ4v) is 4.78. The van der Waals surface area contributed by atoms with Crippen LogP contribution in [0.4, 0.5) is 0 Å². The lowest BCUT2D eigenvalue weighted by Crippen LogP contribution is -2.33. The summed E-state index contributed by atoms with van der Waals surface area (Å²) < 4.78 is 4.73. The topological polar surface area (TPSA) is 62.7 Å². The smallest absolute Gasteiger partial charge is 0.339 e. The van der Waals surface area contributed by atoms with Crippen LogP contribution in [0, 0.1) is 18.8 Å². The average molecular weight is 379 g/mol. The number of carbonyl (C=O) groups excluding carboxylic acids is 2. The van der Waals surface area contributed by atoms with Crippen LogP contribution in [0.1, 0.15) is 37.9 Å². The standard InChI is InChI=1S/C22H25N3O3/c1-14-6-4-5-7-18(14)20-19-13-25(12-17(19)11-24(20)2)21(26)15-8-16(10-23-9-15)22(27)28-3/h4-10,17,19-20H,11-13H2,1-3H3/t17-,19+,20+/m0/s1. The van der Waals surface area contributed by atoms with Gasteiger partial charge in [-0.1, -0.05) is 24.3 Å². The van der Waals surface area contributed by atoms with Gasteiger partial charge in [-0.15, -0.1) is 0 Å². The Morgan fingerprint density at radius 2 is 1.86 bits per heavy atom. The molecular weight excluding hydrogens is 354 g/mol. The minimum absolute atomic E-state index is 0.0705.